The molecule has 19 heavy (non-hydrogen) atoms. The molecule has 0 aliphatic carbocycles. The van der Waals surface area contributed by atoms with Gasteiger partial charge in [-0.05, 0) is 19.8 Å². The number of hydrogen-bond acceptors (Lipinski definition) is 5. The molecule has 0 aromatic heterocycles. The maximum atomic E-state index is 13.8. The van der Waals surface area contributed by atoms with Crippen LogP contribution in [0.1, 0.15) is 19.8 Å². The van der Waals surface area contributed by atoms with Crippen molar-refractivity contribution in [3.05, 3.63) is 21.9 Å². The maximum absolute atomic E-state index is 13.8. The van der Waals surface area contributed by atoms with Gasteiger partial charge in [0.2, 0.25) is 5.82 Å². The Kier molecular flexibility index (Phi) is 4.24. The zero-order valence-electron chi connectivity index (χ0n) is 11.3. The van der Waals surface area contributed by atoms with Gasteiger partial charge < -0.3 is 14.5 Å². The molecule has 2 fully saturated rings. The lowest BCUT2D eigenvalue weighted by atomic mass is 10.0. The Morgan fingerprint density at radius 1 is 1.58 bits per heavy atom. The number of rotatable bonds is 3. The Morgan fingerprint density at radius 2 is 2.32 bits per heavy atom. The van der Waals surface area contributed by atoms with Crippen LogP contribution in [-0.2, 0) is 4.74 Å². The number of ether oxygens (including phenoxy) is 1. The van der Waals surface area contributed by atoms with E-state index in [0.29, 0.717) is 25.6 Å². The van der Waals surface area contributed by atoms with Gasteiger partial charge in [0.15, 0.2) is 0 Å². The van der Waals surface area contributed by atoms with Gasteiger partial charge in [-0.3, -0.25) is 10.1 Å². The summed E-state index contributed by atoms with van der Waals surface area (Å²) in [6.45, 7) is 4.60. The molecule has 2 aliphatic heterocycles. The van der Waals surface area contributed by atoms with Gasteiger partial charge >= 0.3 is 5.95 Å². The minimum Gasteiger partial charge on any atom is -0.381 e. The third-order valence-electron chi connectivity index (χ3n) is 3.87. The van der Waals surface area contributed by atoms with Crippen molar-refractivity contribution in [1.29, 1.82) is 0 Å². The lowest BCUT2D eigenvalue weighted by Crippen LogP contribution is -2.48. The SMILES string of the molecule is CC1CCN(C)C(=C(F)[N+](=O)[O-])N1CC1CCOC1. The lowest BCUT2D eigenvalue weighted by Gasteiger charge is -2.42. The highest BCUT2D eigenvalue weighted by atomic mass is 19.1. The fourth-order valence-electron chi connectivity index (χ4n) is 2.70. The molecular formula is C12H20FN3O3. The Hall–Kier alpha value is -1.37. The van der Waals surface area contributed by atoms with E-state index in [9.17, 15) is 14.5 Å². The van der Waals surface area contributed by atoms with Crippen LogP contribution in [0.3, 0.4) is 0 Å². The predicted octanol–water partition coefficient (Wildman–Crippen LogP) is 1.42. The minimum atomic E-state index is -1.26. The van der Waals surface area contributed by atoms with Crippen LogP contribution < -0.4 is 0 Å². The first-order valence-electron chi connectivity index (χ1n) is 6.60. The van der Waals surface area contributed by atoms with Gasteiger partial charge in [-0.15, -0.1) is 4.39 Å². The second-order valence-corrected chi connectivity index (χ2v) is 5.31. The average molecular weight is 273 g/mol. The zero-order chi connectivity index (χ0) is 14.0. The van der Waals surface area contributed by atoms with Crippen molar-refractivity contribution in [2.24, 2.45) is 5.92 Å². The van der Waals surface area contributed by atoms with E-state index in [1.807, 2.05) is 11.8 Å². The summed E-state index contributed by atoms with van der Waals surface area (Å²) in [6.07, 6.45) is 1.80. The molecular weight excluding hydrogens is 253 g/mol. The van der Waals surface area contributed by atoms with E-state index in [-0.39, 0.29) is 11.9 Å². The summed E-state index contributed by atoms with van der Waals surface area (Å²) in [7, 11) is 1.70. The summed E-state index contributed by atoms with van der Waals surface area (Å²) in [5.41, 5.74) is 0. The summed E-state index contributed by atoms with van der Waals surface area (Å²) >= 11 is 0. The Morgan fingerprint density at radius 3 is 2.89 bits per heavy atom. The molecule has 6 nitrogen and oxygen atoms in total. The first-order chi connectivity index (χ1) is 9.00. The highest BCUT2D eigenvalue weighted by Gasteiger charge is 2.35. The highest BCUT2D eigenvalue weighted by Crippen LogP contribution is 2.28. The van der Waals surface area contributed by atoms with Crippen LogP contribution in [0.2, 0.25) is 0 Å². The van der Waals surface area contributed by atoms with Crippen molar-refractivity contribution in [1.82, 2.24) is 9.80 Å². The monoisotopic (exact) mass is 273 g/mol. The van der Waals surface area contributed by atoms with Gasteiger partial charge in [-0.25, -0.2) is 0 Å². The van der Waals surface area contributed by atoms with Gasteiger partial charge in [0.05, 0.1) is 11.5 Å². The minimum absolute atomic E-state index is 0.107. The van der Waals surface area contributed by atoms with Gasteiger partial charge in [0.25, 0.3) is 0 Å². The second-order valence-electron chi connectivity index (χ2n) is 5.31. The van der Waals surface area contributed by atoms with Crippen LogP contribution >= 0.6 is 0 Å². The van der Waals surface area contributed by atoms with Crippen molar-refractivity contribution in [2.45, 2.75) is 25.8 Å². The van der Waals surface area contributed by atoms with Gasteiger partial charge in [0.1, 0.15) is 0 Å². The number of nitrogens with zero attached hydrogens (tertiary/aromatic N) is 3. The Balaban J connectivity index is 2.22. The van der Waals surface area contributed by atoms with E-state index in [1.54, 1.807) is 11.9 Å². The lowest BCUT2D eigenvalue weighted by molar-refractivity contribution is -0.451. The van der Waals surface area contributed by atoms with Gasteiger partial charge in [-0.2, -0.15) is 0 Å². The van der Waals surface area contributed by atoms with E-state index in [2.05, 4.69) is 0 Å². The summed E-state index contributed by atoms with van der Waals surface area (Å²) in [5.74, 6) is -0.827. The maximum Gasteiger partial charge on any atom is 0.460 e. The third-order valence-corrected chi connectivity index (χ3v) is 3.87. The van der Waals surface area contributed by atoms with E-state index < -0.39 is 10.9 Å². The van der Waals surface area contributed by atoms with Crippen LogP contribution in [-0.4, -0.2) is 54.1 Å². The Labute approximate surface area is 112 Å². The molecule has 0 amide bonds. The summed E-state index contributed by atoms with van der Waals surface area (Å²) in [4.78, 5) is 13.2. The molecule has 0 N–H and O–H groups in total. The number of hydrogen-bond donors (Lipinski definition) is 0. The molecule has 2 heterocycles. The van der Waals surface area contributed by atoms with Gasteiger partial charge in [0, 0.05) is 38.7 Å². The third kappa shape index (κ3) is 2.97. The highest BCUT2D eigenvalue weighted by molar-refractivity contribution is 5.06. The second kappa shape index (κ2) is 5.73. The standard InChI is InChI=1S/C12H20FN3O3/c1-9-3-5-14(2)12(11(13)16(17)18)15(9)7-10-4-6-19-8-10/h9-10H,3-8H2,1-2H3. The molecule has 0 aromatic carbocycles. The molecule has 2 aliphatic rings. The zero-order valence-corrected chi connectivity index (χ0v) is 11.3. The van der Waals surface area contributed by atoms with Crippen molar-refractivity contribution in [3.8, 4) is 0 Å². The molecule has 0 radical (unpaired) electrons. The molecule has 0 aromatic rings. The van der Waals surface area contributed by atoms with Crippen molar-refractivity contribution < 1.29 is 14.1 Å². The molecule has 2 rings (SSSR count). The molecule has 2 saturated heterocycles. The van der Waals surface area contributed by atoms with Crippen LogP contribution in [0.15, 0.2) is 11.8 Å². The molecule has 2 atom stereocenters. The van der Waals surface area contributed by atoms with Crippen LogP contribution in [0.4, 0.5) is 4.39 Å². The largest absolute Gasteiger partial charge is 0.460 e. The van der Waals surface area contributed by atoms with Crippen LogP contribution in [0.5, 0.6) is 0 Å². The van der Waals surface area contributed by atoms with E-state index in [4.69, 9.17) is 4.74 Å². The van der Waals surface area contributed by atoms with E-state index in [0.717, 1.165) is 19.4 Å². The molecule has 0 bridgehead atoms. The molecule has 2 unspecified atom stereocenters. The number of nitro groups is 1. The predicted molar refractivity (Wildman–Crippen MR) is 67.5 cm³/mol. The van der Waals surface area contributed by atoms with Crippen LogP contribution in [0, 0.1) is 16.0 Å². The fourth-order valence-corrected chi connectivity index (χ4v) is 2.70. The summed E-state index contributed by atoms with van der Waals surface area (Å²) < 4.78 is 19.1. The van der Waals surface area contributed by atoms with Crippen LogP contribution in [0.25, 0.3) is 0 Å². The average Bonchev–Trinajstić information content (AvgIpc) is 2.86. The smallest absolute Gasteiger partial charge is 0.381 e. The van der Waals surface area contributed by atoms with E-state index in [1.165, 1.54) is 0 Å². The summed E-state index contributed by atoms with van der Waals surface area (Å²) in [5, 5.41) is 10.7. The molecule has 0 saturated carbocycles. The molecule has 7 heteroatoms. The van der Waals surface area contributed by atoms with E-state index >= 15 is 0 Å². The first kappa shape index (κ1) is 14.0. The summed E-state index contributed by atoms with van der Waals surface area (Å²) in [6, 6.07) is 0.109. The van der Waals surface area contributed by atoms with Crippen molar-refractivity contribution >= 4 is 0 Å². The number of halogens is 1. The Bertz CT molecular complexity index is 382. The topological polar surface area (TPSA) is 58.8 Å². The quantitative estimate of drug-likeness (QED) is 0.442. The normalized spacial score (nSPS) is 30.7. The first-order valence-corrected chi connectivity index (χ1v) is 6.60. The van der Waals surface area contributed by atoms with Crippen molar-refractivity contribution in [2.75, 3.05) is 33.4 Å². The van der Waals surface area contributed by atoms with Crippen molar-refractivity contribution in [3.63, 3.8) is 0 Å². The van der Waals surface area contributed by atoms with Gasteiger partial charge in [-0.1, -0.05) is 0 Å². The molecule has 0 spiro atoms. The fraction of sp³-hybridized carbons (Fsp3) is 0.833. The molecule has 108 valence electrons.